The van der Waals surface area contributed by atoms with Crippen LogP contribution in [-0.4, -0.2) is 45.3 Å². The van der Waals surface area contributed by atoms with E-state index in [4.69, 9.17) is 4.74 Å². The molecular weight excluding hydrogens is 450 g/mol. The molecule has 0 saturated heterocycles. The number of ketones is 1. The van der Waals surface area contributed by atoms with Crippen LogP contribution in [0.2, 0.25) is 0 Å². The third-order valence-corrected chi connectivity index (χ3v) is 7.83. The zero-order valence-corrected chi connectivity index (χ0v) is 22.4. The Morgan fingerprint density at radius 3 is 2.53 bits per heavy atom. The monoisotopic (exact) mass is 491 g/mol. The Morgan fingerprint density at radius 2 is 1.91 bits per heavy atom. The average molecular weight is 492 g/mol. The van der Waals surface area contributed by atoms with Crippen molar-refractivity contribution >= 4 is 29.2 Å². The predicted molar refractivity (Wildman–Crippen MR) is 136 cm³/mol. The molecule has 34 heavy (non-hydrogen) atoms. The number of cyclic esters (lactones) is 1. The van der Waals surface area contributed by atoms with Gasteiger partial charge in [0.15, 0.2) is 0 Å². The van der Waals surface area contributed by atoms with Gasteiger partial charge in [-0.15, -0.1) is 11.3 Å². The maximum Gasteiger partial charge on any atom is 0.309 e. The summed E-state index contributed by atoms with van der Waals surface area (Å²) in [7, 11) is 0. The number of aliphatic hydroxyl groups is 2. The highest BCUT2D eigenvalue weighted by atomic mass is 32.1. The summed E-state index contributed by atoms with van der Waals surface area (Å²) in [5.74, 6) is -1.49. The summed E-state index contributed by atoms with van der Waals surface area (Å²) in [6.07, 6.45) is 4.33. The Hall–Kier alpha value is -1.83. The number of hydrogen-bond acceptors (Lipinski definition) is 7. The molecule has 5 atom stereocenters. The lowest BCUT2D eigenvalue weighted by Gasteiger charge is -2.34. The van der Waals surface area contributed by atoms with Gasteiger partial charge in [-0.05, 0) is 57.6 Å². The zero-order valence-electron chi connectivity index (χ0n) is 21.6. The van der Waals surface area contributed by atoms with Gasteiger partial charge in [0, 0.05) is 17.7 Å². The van der Waals surface area contributed by atoms with Crippen molar-refractivity contribution in [3.8, 4) is 0 Å². The fourth-order valence-electron chi connectivity index (χ4n) is 4.40. The molecule has 2 heterocycles. The lowest BCUT2D eigenvalue weighted by molar-refractivity contribution is -0.154. The van der Waals surface area contributed by atoms with E-state index in [0.717, 1.165) is 35.5 Å². The molecule has 2 N–H and O–H groups in total. The van der Waals surface area contributed by atoms with Crippen molar-refractivity contribution in [2.75, 3.05) is 0 Å². The largest absolute Gasteiger partial charge is 0.457 e. The van der Waals surface area contributed by atoms with Crippen molar-refractivity contribution in [2.45, 2.75) is 98.9 Å². The van der Waals surface area contributed by atoms with E-state index in [1.807, 2.05) is 32.2 Å². The molecule has 0 spiro atoms. The molecule has 6 nitrogen and oxygen atoms in total. The third-order valence-electron chi connectivity index (χ3n) is 7.04. The number of rotatable bonds is 2. The quantitative estimate of drug-likeness (QED) is 0.432. The topological polar surface area (TPSA) is 96.7 Å². The predicted octanol–water partition coefficient (Wildman–Crippen LogP) is 5.27. The van der Waals surface area contributed by atoms with Crippen LogP contribution >= 0.6 is 11.3 Å². The van der Waals surface area contributed by atoms with Crippen LogP contribution in [0.5, 0.6) is 0 Å². The van der Waals surface area contributed by atoms with E-state index in [1.165, 1.54) is 5.57 Å². The smallest absolute Gasteiger partial charge is 0.309 e. The molecule has 0 aromatic carbocycles. The number of nitrogens with zero attached hydrogens (tertiary/aromatic N) is 1. The molecule has 1 aromatic heterocycles. The Balaban J connectivity index is 2.33. The molecule has 190 valence electrons. The van der Waals surface area contributed by atoms with Crippen LogP contribution < -0.4 is 0 Å². The van der Waals surface area contributed by atoms with E-state index in [0.29, 0.717) is 6.42 Å². The van der Waals surface area contributed by atoms with Crippen LogP contribution in [0.25, 0.3) is 6.08 Å². The second kappa shape index (κ2) is 12.2. The van der Waals surface area contributed by atoms with Crippen molar-refractivity contribution < 1.29 is 24.5 Å². The first-order chi connectivity index (χ1) is 15.8. The molecule has 1 aliphatic heterocycles. The minimum atomic E-state index is -1.21. The van der Waals surface area contributed by atoms with Gasteiger partial charge in [0.1, 0.15) is 11.9 Å². The molecule has 0 amide bonds. The van der Waals surface area contributed by atoms with Gasteiger partial charge in [-0.3, -0.25) is 9.59 Å². The van der Waals surface area contributed by atoms with Gasteiger partial charge in [0.2, 0.25) is 0 Å². The van der Waals surface area contributed by atoms with E-state index in [1.54, 1.807) is 32.1 Å². The number of ether oxygens (including phenoxy) is 1. The first-order valence-electron chi connectivity index (χ1n) is 12.2. The molecule has 0 aliphatic carbocycles. The van der Waals surface area contributed by atoms with Crippen LogP contribution in [0.15, 0.2) is 22.6 Å². The lowest BCUT2D eigenvalue weighted by Crippen LogP contribution is -2.45. The van der Waals surface area contributed by atoms with E-state index in [2.05, 4.69) is 18.0 Å². The minimum absolute atomic E-state index is 0.0444. The minimum Gasteiger partial charge on any atom is -0.457 e. The number of Topliss-reactive ketones (excluding diaryl/α,β-unsaturated/α-hetero) is 1. The molecule has 0 radical (unpaired) electrons. The normalized spacial score (nSPS) is 32.1. The van der Waals surface area contributed by atoms with Crippen LogP contribution in [-0.2, 0) is 14.3 Å². The molecule has 0 saturated carbocycles. The van der Waals surface area contributed by atoms with Gasteiger partial charge < -0.3 is 14.9 Å². The number of allylic oxidation sites excluding steroid dienone is 1. The first kappa shape index (κ1) is 28.4. The number of esters is 1. The van der Waals surface area contributed by atoms with Gasteiger partial charge in [0.05, 0.1) is 34.7 Å². The number of aliphatic hydroxyl groups excluding tert-OH is 2. The number of aryl methyl sites for hydroxylation is 1. The van der Waals surface area contributed by atoms with Crippen LogP contribution in [0, 0.1) is 24.2 Å². The summed E-state index contributed by atoms with van der Waals surface area (Å²) >= 11 is 1.56. The molecule has 7 heteroatoms. The van der Waals surface area contributed by atoms with Gasteiger partial charge >= 0.3 is 5.97 Å². The first-order valence-corrected chi connectivity index (χ1v) is 13.1. The van der Waals surface area contributed by atoms with Crippen molar-refractivity contribution in [3.63, 3.8) is 0 Å². The molecule has 1 aliphatic rings. The molecule has 0 unspecified atom stereocenters. The number of carbonyl (C=O) groups is 2. The van der Waals surface area contributed by atoms with Gasteiger partial charge in [-0.1, -0.05) is 39.3 Å². The highest BCUT2D eigenvalue weighted by Gasteiger charge is 2.42. The number of hydrogen-bond donors (Lipinski definition) is 2. The van der Waals surface area contributed by atoms with Gasteiger partial charge in [-0.25, -0.2) is 4.98 Å². The Morgan fingerprint density at radius 1 is 1.24 bits per heavy atom. The highest BCUT2D eigenvalue weighted by Crippen LogP contribution is 2.32. The van der Waals surface area contributed by atoms with Crippen LogP contribution in [0.4, 0.5) is 0 Å². The third kappa shape index (κ3) is 7.59. The second-order valence-electron chi connectivity index (χ2n) is 10.4. The van der Waals surface area contributed by atoms with E-state index < -0.39 is 35.6 Å². The highest BCUT2D eigenvalue weighted by molar-refractivity contribution is 7.09. The van der Waals surface area contributed by atoms with Crippen molar-refractivity contribution in [2.24, 2.45) is 17.3 Å². The van der Waals surface area contributed by atoms with Gasteiger partial charge in [0.25, 0.3) is 0 Å². The zero-order chi connectivity index (χ0) is 25.6. The molecular formula is C27H41NO5S. The van der Waals surface area contributed by atoms with Crippen molar-refractivity contribution in [1.29, 1.82) is 0 Å². The number of aromatic nitrogens is 1. The summed E-state index contributed by atoms with van der Waals surface area (Å²) in [6, 6.07) is 0. The molecule has 0 fully saturated rings. The standard InChI is InChI=1S/C27H41NO5S/c1-16-9-8-10-17(2)25(31)19(4)26(32)27(6,7)23(29)14-24(30)33-22(12-11-16)18(3)13-21-15-34-20(5)28-21/h11,13,15,17,19,22-23,25,29,31H,8-10,12,14H2,1-7H3/b16-11-,18-13-/t17-,19+,22-,23-,25-/m0/s1. The molecule has 1 aromatic rings. The van der Waals surface area contributed by atoms with Crippen LogP contribution in [0.3, 0.4) is 0 Å². The molecule has 2 rings (SSSR count). The maximum absolute atomic E-state index is 13.2. The SMILES string of the molecule is C/C1=C/C[C@@H](/C(C)=C\c2csc(C)n2)OC(=O)C[C@H](O)C(C)(C)C(=O)[C@H](C)[C@@H](O)[C@@H](C)CCC1. The van der Waals surface area contributed by atoms with Crippen LogP contribution in [0.1, 0.15) is 84.3 Å². The van der Waals surface area contributed by atoms with Crippen molar-refractivity contribution in [1.82, 2.24) is 4.98 Å². The van der Waals surface area contributed by atoms with E-state index in [-0.39, 0.29) is 18.1 Å². The Bertz CT molecular complexity index is 916. The molecule has 0 bridgehead atoms. The summed E-state index contributed by atoms with van der Waals surface area (Å²) < 4.78 is 5.81. The summed E-state index contributed by atoms with van der Waals surface area (Å²) in [4.78, 5) is 30.5. The number of thiazole rings is 1. The van der Waals surface area contributed by atoms with Crippen molar-refractivity contribution in [3.05, 3.63) is 33.3 Å². The van der Waals surface area contributed by atoms with E-state index in [9.17, 15) is 19.8 Å². The fraction of sp³-hybridized carbons (Fsp3) is 0.667. The van der Waals surface area contributed by atoms with E-state index >= 15 is 0 Å². The summed E-state index contributed by atoms with van der Waals surface area (Å²) in [6.45, 7) is 12.8. The average Bonchev–Trinajstić information content (AvgIpc) is 3.18. The fourth-order valence-corrected chi connectivity index (χ4v) is 4.97. The summed E-state index contributed by atoms with van der Waals surface area (Å²) in [5, 5.41) is 24.5. The Kier molecular flexibility index (Phi) is 10.2. The lowest BCUT2D eigenvalue weighted by atomic mass is 9.73. The maximum atomic E-state index is 13.2. The number of carbonyl (C=O) groups excluding carboxylic acids is 2. The second-order valence-corrected chi connectivity index (χ2v) is 11.5. The summed E-state index contributed by atoms with van der Waals surface area (Å²) in [5.41, 5.74) is 1.71. The Labute approximate surface area is 208 Å². The van der Waals surface area contributed by atoms with Gasteiger partial charge in [-0.2, -0.15) is 0 Å².